The highest BCUT2D eigenvalue weighted by Gasteiger charge is 2.17. The first-order valence-corrected chi connectivity index (χ1v) is 8.72. The lowest BCUT2D eigenvalue weighted by Gasteiger charge is -2.21. The van der Waals surface area contributed by atoms with Gasteiger partial charge in [0.15, 0.2) is 0 Å². The number of hydrogen-bond acceptors (Lipinski definition) is 3. The Kier molecular flexibility index (Phi) is 5.85. The van der Waals surface area contributed by atoms with E-state index in [4.69, 9.17) is 9.47 Å². The van der Waals surface area contributed by atoms with Gasteiger partial charge in [0.1, 0.15) is 5.75 Å². The molecule has 1 aliphatic heterocycles. The van der Waals surface area contributed by atoms with Gasteiger partial charge in [-0.15, -0.1) is 0 Å². The van der Waals surface area contributed by atoms with E-state index in [1.54, 1.807) is 7.11 Å². The second-order valence-electron chi connectivity index (χ2n) is 4.78. The quantitative estimate of drug-likeness (QED) is 0.821. The molecule has 0 saturated carbocycles. The van der Waals surface area contributed by atoms with E-state index < -0.39 is 10.8 Å². The minimum atomic E-state index is -0.803. The van der Waals surface area contributed by atoms with Crippen molar-refractivity contribution in [1.82, 2.24) is 0 Å². The van der Waals surface area contributed by atoms with Crippen molar-refractivity contribution in [3.63, 3.8) is 0 Å². The molecule has 3 nitrogen and oxygen atoms in total. The molecule has 1 heterocycles. The van der Waals surface area contributed by atoms with E-state index in [0.717, 1.165) is 47.6 Å². The molecule has 0 radical (unpaired) electrons. The highest BCUT2D eigenvalue weighted by Crippen LogP contribution is 2.26. The molecule has 1 fully saturated rings. The number of benzene rings is 1. The topological polar surface area (TPSA) is 35.5 Å². The fraction of sp³-hybridized carbons (Fsp3) is 0.571. The van der Waals surface area contributed by atoms with Crippen LogP contribution >= 0.6 is 15.9 Å². The first kappa shape index (κ1) is 15.0. The fourth-order valence-electron chi connectivity index (χ4n) is 2.22. The minimum Gasteiger partial charge on any atom is -0.496 e. The van der Waals surface area contributed by atoms with Crippen molar-refractivity contribution < 1.29 is 13.7 Å². The number of halogens is 1. The highest BCUT2D eigenvalue weighted by atomic mass is 79.9. The summed E-state index contributed by atoms with van der Waals surface area (Å²) in [5, 5.41) is 0. The van der Waals surface area contributed by atoms with E-state index in [1.807, 2.05) is 18.2 Å². The molecule has 1 saturated heterocycles. The Hall–Kier alpha value is -0.390. The van der Waals surface area contributed by atoms with Crippen LogP contribution in [0.3, 0.4) is 0 Å². The molecule has 1 unspecified atom stereocenters. The molecule has 5 heteroatoms. The molecule has 106 valence electrons. The maximum atomic E-state index is 12.2. The van der Waals surface area contributed by atoms with Gasteiger partial charge in [-0.25, -0.2) is 0 Å². The van der Waals surface area contributed by atoms with E-state index >= 15 is 0 Å². The van der Waals surface area contributed by atoms with Crippen molar-refractivity contribution in [3.05, 3.63) is 28.2 Å². The second-order valence-corrected chi connectivity index (χ2v) is 7.13. The van der Waals surface area contributed by atoms with E-state index in [2.05, 4.69) is 15.9 Å². The van der Waals surface area contributed by atoms with Gasteiger partial charge in [0.25, 0.3) is 0 Å². The molecule has 1 atom stereocenters. The van der Waals surface area contributed by atoms with Gasteiger partial charge < -0.3 is 9.47 Å². The van der Waals surface area contributed by atoms with Gasteiger partial charge in [-0.05, 0) is 52.4 Å². The third-order valence-corrected chi connectivity index (χ3v) is 5.42. The third kappa shape index (κ3) is 4.58. The number of rotatable bonds is 5. The average molecular weight is 347 g/mol. The molecule has 19 heavy (non-hydrogen) atoms. The van der Waals surface area contributed by atoms with Gasteiger partial charge in [-0.2, -0.15) is 0 Å². The van der Waals surface area contributed by atoms with Crippen LogP contribution in [-0.2, 0) is 21.3 Å². The van der Waals surface area contributed by atoms with Crippen molar-refractivity contribution in [2.24, 2.45) is 5.92 Å². The zero-order valence-corrected chi connectivity index (χ0v) is 13.5. The predicted octanol–water partition coefficient (Wildman–Crippen LogP) is 3.13. The largest absolute Gasteiger partial charge is 0.496 e. The Bertz CT molecular complexity index is 444. The van der Waals surface area contributed by atoms with E-state index in [0.29, 0.717) is 11.7 Å². The smallest absolute Gasteiger partial charge is 0.133 e. The maximum absolute atomic E-state index is 12.2. The summed E-state index contributed by atoms with van der Waals surface area (Å²) in [6.45, 7) is 1.63. The summed E-state index contributed by atoms with van der Waals surface area (Å²) >= 11 is 3.46. The van der Waals surface area contributed by atoms with E-state index in [-0.39, 0.29) is 0 Å². The lowest BCUT2D eigenvalue weighted by atomic mass is 10.0. The second kappa shape index (κ2) is 7.41. The first-order chi connectivity index (χ1) is 9.19. The molecule has 0 amide bonds. The van der Waals surface area contributed by atoms with Crippen molar-refractivity contribution in [1.29, 1.82) is 0 Å². The zero-order valence-electron chi connectivity index (χ0n) is 11.1. The fourth-order valence-corrected chi connectivity index (χ4v) is 4.34. The summed E-state index contributed by atoms with van der Waals surface area (Å²) in [4.78, 5) is 0. The Morgan fingerprint density at radius 1 is 1.42 bits per heavy atom. The molecular formula is C14H19BrO3S. The Morgan fingerprint density at radius 3 is 2.79 bits per heavy atom. The summed E-state index contributed by atoms with van der Waals surface area (Å²) in [5.74, 6) is 2.75. The van der Waals surface area contributed by atoms with Gasteiger partial charge in [0.05, 0.1) is 11.6 Å². The van der Waals surface area contributed by atoms with Crippen LogP contribution < -0.4 is 4.74 Å². The predicted molar refractivity (Wildman–Crippen MR) is 81.0 cm³/mol. The summed E-state index contributed by atoms with van der Waals surface area (Å²) in [6, 6.07) is 5.87. The maximum Gasteiger partial charge on any atom is 0.133 e. The van der Waals surface area contributed by atoms with Crippen LogP contribution in [0.2, 0.25) is 0 Å². The number of methoxy groups -OCH3 is 1. The molecular weight excluding hydrogens is 328 g/mol. The average Bonchev–Trinajstić information content (AvgIpc) is 2.40. The van der Waals surface area contributed by atoms with E-state index in [1.165, 1.54) is 0 Å². The first-order valence-electron chi connectivity index (χ1n) is 6.44. The lowest BCUT2D eigenvalue weighted by Crippen LogP contribution is -2.21. The van der Waals surface area contributed by atoms with Crippen LogP contribution in [0.15, 0.2) is 22.7 Å². The minimum absolute atomic E-state index is 0.552. The summed E-state index contributed by atoms with van der Waals surface area (Å²) in [7, 11) is 0.839. The van der Waals surface area contributed by atoms with E-state index in [9.17, 15) is 4.21 Å². The van der Waals surface area contributed by atoms with Crippen LogP contribution in [0, 0.1) is 5.92 Å². The Balaban J connectivity index is 1.89. The standard InChI is InChI=1S/C14H19BrO3S/c1-17-14-3-2-12(8-13(14)15)10-19(16)9-11-4-6-18-7-5-11/h2-3,8,11H,4-7,9-10H2,1H3. The monoisotopic (exact) mass is 346 g/mol. The van der Waals surface area contributed by atoms with Crippen LogP contribution in [0.4, 0.5) is 0 Å². The summed E-state index contributed by atoms with van der Waals surface area (Å²) in [6.07, 6.45) is 2.08. The Morgan fingerprint density at radius 2 is 2.16 bits per heavy atom. The zero-order chi connectivity index (χ0) is 13.7. The Labute approximate surface area is 125 Å². The van der Waals surface area contributed by atoms with Gasteiger partial charge >= 0.3 is 0 Å². The van der Waals surface area contributed by atoms with Gasteiger partial charge in [-0.1, -0.05) is 6.07 Å². The lowest BCUT2D eigenvalue weighted by molar-refractivity contribution is 0.0725. The van der Waals surface area contributed by atoms with Crippen LogP contribution in [0.5, 0.6) is 5.75 Å². The van der Waals surface area contributed by atoms with Crippen LogP contribution in [0.1, 0.15) is 18.4 Å². The highest BCUT2D eigenvalue weighted by molar-refractivity contribution is 9.10. The third-order valence-electron chi connectivity index (χ3n) is 3.31. The molecule has 0 aromatic heterocycles. The molecule has 0 spiro atoms. The van der Waals surface area contributed by atoms with Gasteiger partial charge in [0, 0.05) is 35.5 Å². The number of ether oxygens (including phenoxy) is 2. The summed E-state index contributed by atoms with van der Waals surface area (Å²) in [5.41, 5.74) is 1.08. The normalized spacial score (nSPS) is 18.2. The SMILES string of the molecule is COc1ccc(CS(=O)CC2CCOCC2)cc1Br. The van der Waals surface area contributed by atoms with Crippen LogP contribution in [0.25, 0.3) is 0 Å². The molecule has 1 aromatic carbocycles. The van der Waals surface area contributed by atoms with Crippen LogP contribution in [-0.4, -0.2) is 30.3 Å². The summed E-state index contributed by atoms with van der Waals surface area (Å²) < 4.78 is 23.6. The molecule has 1 aromatic rings. The van der Waals surface area contributed by atoms with Crippen molar-refractivity contribution in [3.8, 4) is 5.75 Å². The van der Waals surface area contributed by atoms with Crippen molar-refractivity contribution in [2.45, 2.75) is 18.6 Å². The number of hydrogen-bond donors (Lipinski definition) is 0. The van der Waals surface area contributed by atoms with Crippen molar-refractivity contribution >= 4 is 26.7 Å². The van der Waals surface area contributed by atoms with Crippen molar-refractivity contribution in [2.75, 3.05) is 26.1 Å². The molecule has 2 rings (SSSR count). The molecule has 0 N–H and O–H groups in total. The van der Waals surface area contributed by atoms with Gasteiger partial charge in [-0.3, -0.25) is 4.21 Å². The molecule has 1 aliphatic rings. The molecule has 0 aliphatic carbocycles. The molecule has 0 bridgehead atoms. The van der Waals surface area contributed by atoms with Gasteiger partial charge in [0.2, 0.25) is 0 Å².